The molecular weight excluding hydrogens is 429 g/mol. The Morgan fingerprint density at radius 1 is 1.16 bits per heavy atom. The lowest BCUT2D eigenvalue weighted by atomic mass is 10.1. The fraction of sp³-hybridized carbons (Fsp3) is 0.0476. The summed E-state index contributed by atoms with van der Waals surface area (Å²) in [6.45, 7) is -0.216. The maximum Gasteiger partial charge on any atom is 0.329 e. The molecule has 4 rings (SSSR count). The number of rotatable bonds is 5. The Morgan fingerprint density at radius 2 is 1.94 bits per heavy atom. The fourth-order valence-electron chi connectivity index (χ4n) is 3.05. The number of nitrogens with one attached hydrogen (secondary N) is 1. The van der Waals surface area contributed by atoms with Crippen molar-refractivity contribution in [2.75, 3.05) is 0 Å². The molecule has 0 atom stereocenters. The summed E-state index contributed by atoms with van der Waals surface area (Å²) >= 11 is 5.82. The molecule has 2 aromatic carbocycles. The van der Waals surface area contributed by atoms with Crippen molar-refractivity contribution in [2.24, 2.45) is 0 Å². The van der Waals surface area contributed by atoms with Gasteiger partial charge in [0.15, 0.2) is 0 Å². The van der Waals surface area contributed by atoms with E-state index in [9.17, 15) is 24.1 Å². The third kappa shape index (κ3) is 4.03. The Morgan fingerprint density at radius 3 is 2.68 bits per heavy atom. The summed E-state index contributed by atoms with van der Waals surface area (Å²) in [5, 5.41) is 13.5. The van der Waals surface area contributed by atoms with Crippen LogP contribution in [-0.4, -0.2) is 21.8 Å². The molecule has 0 saturated carbocycles. The minimum Gasteiger partial charge on any atom is -0.457 e. The maximum atomic E-state index is 13.9. The van der Waals surface area contributed by atoms with E-state index in [2.05, 4.69) is 5.32 Å². The minimum atomic E-state index is -0.681. The molecule has 10 heteroatoms. The van der Waals surface area contributed by atoms with Gasteiger partial charge in [0, 0.05) is 23.3 Å². The van der Waals surface area contributed by atoms with Gasteiger partial charge in [-0.05, 0) is 30.3 Å². The van der Waals surface area contributed by atoms with Gasteiger partial charge in [0.2, 0.25) is 0 Å². The molecule has 3 aromatic rings. The highest BCUT2D eigenvalue weighted by atomic mass is 35.5. The maximum absolute atomic E-state index is 13.9. The van der Waals surface area contributed by atoms with Crippen LogP contribution < -0.4 is 5.32 Å². The minimum absolute atomic E-state index is 0.00291. The number of imide groups is 1. The van der Waals surface area contributed by atoms with Crippen molar-refractivity contribution >= 4 is 35.3 Å². The quantitative estimate of drug-likeness (QED) is 0.266. The largest absolute Gasteiger partial charge is 0.457 e. The Kier molecular flexibility index (Phi) is 5.26. The lowest BCUT2D eigenvalue weighted by Crippen LogP contribution is -2.30. The number of hydrogen-bond acceptors (Lipinski definition) is 5. The van der Waals surface area contributed by atoms with Crippen molar-refractivity contribution in [1.82, 2.24) is 10.2 Å². The first-order chi connectivity index (χ1) is 14.8. The van der Waals surface area contributed by atoms with Crippen LogP contribution in [0.25, 0.3) is 17.4 Å². The molecule has 3 amide bonds. The van der Waals surface area contributed by atoms with Gasteiger partial charge < -0.3 is 9.73 Å². The van der Waals surface area contributed by atoms with Crippen molar-refractivity contribution in [3.8, 4) is 11.3 Å². The van der Waals surface area contributed by atoms with Crippen molar-refractivity contribution in [3.05, 3.63) is 92.6 Å². The number of urea groups is 1. The zero-order chi connectivity index (χ0) is 22.1. The zero-order valence-electron chi connectivity index (χ0n) is 15.7. The number of nitro benzene ring substituents is 1. The molecule has 0 spiro atoms. The number of nitro groups is 1. The van der Waals surface area contributed by atoms with E-state index < -0.39 is 22.7 Å². The van der Waals surface area contributed by atoms with Gasteiger partial charge in [0.1, 0.15) is 28.1 Å². The predicted molar refractivity (Wildman–Crippen MR) is 109 cm³/mol. The van der Waals surface area contributed by atoms with Gasteiger partial charge in [0.05, 0.1) is 11.5 Å². The number of amides is 3. The molecule has 0 unspecified atom stereocenters. The molecule has 1 saturated heterocycles. The number of nitrogens with zero attached hydrogens (tertiary/aromatic N) is 2. The second kappa shape index (κ2) is 8.04. The summed E-state index contributed by atoms with van der Waals surface area (Å²) in [6.07, 6.45) is 1.33. The lowest BCUT2D eigenvalue weighted by Gasteiger charge is -2.12. The molecule has 1 aliphatic rings. The molecule has 1 aromatic heterocycles. The molecule has 2 heterocycles. The molecule has 0 radical (unpaired) electrons. The number of furan rings is 1. The standard InChI is InChI=1S/C21H13ClFN3O5/c22-15-7-5-12(9-18(15)26(29)30)19-8-6-14(31-19)10-17-20(27)25(21(28)24-17)11-13-3-1-2-4-16(13)23/h1-10H,11H2,(H,24,28)/b17-10-. The van der Waals surface area contributed by atoms with E-state index in [0.717, 1.165) is 4.90 Å². The van der Waals surface area contributed by atoms with E-state index in [1.807, 2.05) is 0 Å². The highest BCUT2D eigenvalue weighted by Crippen LogP contribution is 2.31. The second-order valence-corrected chi connectivity index (χ2v) is 7.00. The Balaban J connectivity index is 1.56. The Bertz CT molecular complexity index is 1250. The number of halogens is 2. The molecule has 156 valence electrons. The van der Waals surface area contributed by atoms with Crippen LogP contribution >= 0.6 is 11.6 Å². The summed E-state index contributed by atoms with van der Waals surface area (Å²) in [6, 6.07) is 12.5. The van der Waals surface area contributed by atoms with Gasteiger partial charge in [-0.2, -0.15) is 0 Å². The molecule has 8 nitrogen and oxygen atoms in total. The second-order valence-electron chi connectivity index (χ2n) is 6.60. The van der Waals surface area contributed by atoms with Crippen LogP contribution in [0.2, 0.25) is 5.02 Å². The van der Waals surface area contributed by atoms with Gasteiger partial charge >= 0.3 is 6.03 Å². The lowest BCUT2D eigenvalue weighted by molar-refractivity contribution is -0.384. The van der Waals surface area contributed by atoms with Crippen LogP contribution in [-0.2, 0) is 11.3 Å². The van der Waals surface area contributed by atoms with Crippen molar-refractivity contribution in [2.45, 2.75) is 6.54 Å². The summed E-state index contributed by atoms with van der Waals surface area (Å²) in [7, 11) is 0. The van der Waals surface area contributed by atoms with Crippen LogP contribution in [0.4, 0.5) is 14.9 Å². The molecule has 31 heavy (non-hydrogen) atoms. The zero-order valence-corrected chi connectivity index (χ0v) is 16.4. The van der Waals surface area contributed by atoms with E-state index in [1.165, 1.54) is 36.4 Å². The number of benzene rings is 2. The SMILES string of the molecule is O=C1N/C(=C\c2ccc(-c3ccc(Cl)c([N+](=O)[O-])c3)o2)C(=O)N1Cc1ccccc1F. The van der Waals surface area contributed by atoms with Gasteiger partial charge in [0.25, 0.3) is 11.6 Å². The number of hydrogen-bond donors (Lipinski definition) is 1. The summed E-state index contributed by atoms with van der Waals surface area (Å²) in [5.41, 5.74) is 0.322. The van der Waals surface area contributed by atoms with Crippen LogP contribution in [0.1, 0.15) is 11.3 Å². The smallest absolute Gasteiger partial charge is 0.329 e. The van der Waals surface area contributed by atoms with Crippen LogP contribution in [0, 0.1) is 15.9 Å². The molecular formula is C21H13ClFN3O5. The van der Waals surface area contributed by atoms with E-state index in [1.54, 1.807) is 24.3 Å². The Hall–Kier alpha value is -3.98. The summed E-state index contributed by atoms with van der Waals surface area (Å²) in [4.78, 5) is 36.1. The first-order valence-electron chi connectivity index (χ1n) is 8.95. The Labute approximate surface area is 179 Å². The first-order valence-corrected chi connectivity index (χ1v) is 9.33. The van der Waals surface area contributed by atoms with Crippen LogP contribution in [0.15, 0.2) is 64.7 Å². The third-order valence-corrected chi connectivity index (χ3v) is 4.91. The summed E-state index contributed by atoms with van der Waals surface area (Å²) < 4.78 is 19.5. The number of carbonyl (C=O) groups is 2. The topological polar surface area (TPSA) is 106 Å². The highest BCUT2D eigenvalue weighted by Gasteiger charge is 2.34. The van der Waals surface area contributed by atoms with Gasteiger partial charge in [-0.3, -0.25) is 19.8 Å². The third-order valence-electron chi connectivity index (χ3n) is 4.59. The number of carbonyl (C=O) groups excluding carboxylic acids is 2. The van der Waals surface area contributed by atoms with Crippen molar-refractivity contribution < 1.29 is 23.3 Å². The van der Waals surface area contributed by atoms with Crippen molar-refractivity contribution in [3.63, 3.8) is 0 Å². The highest BCUT2D eigenvalue weighted by molar-refractivity contribution is 6.32. The van der Waals surface area contributed by atoms with Gasteiger partial charge in [-0.25, -0.2) is 9.18 Å². The van der Waals surface area contributed by atoms with Gasteiger partial charge in [-0.15, -0.1) is 0 Å². The van der Waals surface area contributed by atoms with E-state index in [0.29, 0.717) is 11.3 Å². The van der Waals surface area contributed by atoms with Crippen LogP contribution in [0.3, 0.4) is 0 Å². The first kappa shape index (κ1) is 20.3. The van der Waals surface area contributed by atoms with E-state index >= 15 is 0 Å². The van der Waals surface area contributed by atoms with Crippen molar-refractivity contribution in [1.29, 1.82) is 0 Å². The fourth-order valence-corrected chi connectivity index (χ4v) is 3.23. The van der Waals surface area contributed by atoms with Gasteiger partial charge in [-0.1, -0.05) is 29.8 Å². The van der Waals surface area contributed by atoms with E-state index in [-0.39, 0.29) is 34.3 Å². The molecule has 0 aliphatic carbocycles. The average molecular weight is 442 g/mol. The molecule has 1 N–H and O–H groups in total. The monoisotopic (exact) mass is 441 g/mol. The van der Waals surface area contributed by atoms with E-state index in [4.69, 9.17) is 16.0 Å². The van der Waals surface area contributed by atoms with Crippen LogP contribution in [0.5, 0.6) is 0 Å². The molecule has 0 bridgehead atoms. The summed E-state index contributed by atoms with van der Waals surface area (Å²) in [5.74, 6) is -0.600. The normalized spacial score (nSPS) is 14.9. The molecule has 1 fully saturated rings. The predicted octanol–water partition coefficient (Wildman–Crippen LogP) is 4.74. The average Bonchev–Trinajstić information content (AvgIpc) is 3.30. The molecule has 1 aliphatic heterocycles.